The van der Waals surface area contributed by atoms with Crippen LogP contribution in [0.2, 0.25) is 0 Å². The van der Waals surface area contributed by atoms with Gasteiger partial charge in [0, 0.05) is 0 Å². The molecule has 0 aromatic carbocycles. The van der Waals surface area contributed by atoms with E-state index in [0.29, 0.717) is 0 Å². The van der Waals surface area contributed by atoms with Crippen molar-refractivity contribution in [3.8, 4) is 0 Å². The molecule has 0 nitrogen and oxygen atoms in total. The molecule has 0 rings (SSSR count). The molecule has 0 saturated heterocycles. The average molecular weight is 79.1 g/mol. The summed E-state index contributed by atoms with van der Waals surface area (Å²) in [7, 11) is 1.98. The topological polar surface area (TPSA) is 0 Å². The predicted molar refractivity (Wildman–Crippen MR) is 11.8 cm³/mol. The van der Waals surface area contributed by atoms with E-state index in [4.69, 9.17) is 0 Å². The Morgan fingerprint density at radius 3 is 1.50 bits per heavy atom. The van der Waals surface area contributed by atoms with Crippen molar-refractivity contribution in [1.29, 1.82) is 0 Å². The van der Waals surface area contributed by atoms with Gasteiger partial charge in [-0.25, -0.2) is 8.78 Å². The zero-order chi connectivity index (χ0) is 3.58. The monoisotopic (exact) mass is 79.0 g/mol. The number of halogens is 2. The maximum atomic E-state index is 10.2. The zero-order valence-electron chi connectivity index (χ0n) is 1.83. The van der Waals surface area contributed by atoms with E-state index in [1.807, 2.05) is 10.2 Å². The van der Waals surface area contributed by atoms with Crippen molar-refractivity contribution in [3.05, 3.63) is 0 Å². The van der Waals surface area contributed by atoms with Gasteiger partial charge in [-0.1, -0.05) is 0 Å². The summed E-state index contributed by atoms with van der Waals surface area (Å²) in [6.45, 7) is 0. The minimum absolute atomic E-state index is 1.98. The first-order valence-electron chi connectivity index (χ1n) is 0.725. The summed E-state index contributed by atoms with van der Waals surface area (Å²) in [5, 5.41) is 0. The van der Waals surface area contributed by atoms with Crippen LogP contribution < -0.4 is 0 Å². The van der Waals surface area contributed by atoms with Crippen molar-refractivity contribution in [2.75, 3.05) is 0 Å². The van der Waals surface area contributed by atoms with E-state index in [9.17, 15) is 8.78 Å². The van der Waals surface area contributed by atoms with Crippen LogP contribution in [0.1, 0.15) is 0 Å². The van der Waals surface area contributed by atoms with Gasteiger partial charge in [0.2, 0.25) is 6.05 Å². The van der Waals surface area contributed by atoms with Crippen LogP contribution in [0.25, 0.3) is 0 Å². The first-order chi connectivity index (χ1) is 1.73. The molecule has 0 atom stereocenters. The second kappa shape index (κ2) is 1.40. The summed E-state index contributed by atoms with van der Waals surface area (Å²) in [6, 6.07) is -2.36. The highest BCUT2D eigenvalue weighted by Crippen LogP contribution is 1.76. The molecule has 3 radical (unpaired) electrons. The summed E-state index contributed by atoms with van der Waals surface area (Å²) < 4.78 is 20.5. The Labute approximate surface area is 26.2 Å². The molecular formula is CHF2Si. The van der Waals surface area contributed by atoms with Crippen LogP contribution in [-0.4, -0.2) is 16.3 Å². The largest absolute Gasteiger partial charge is 0.217 e. The second-order valence-corrected chi connectivity index (χ2v) is 0.737. The molecule has 0 fully saturated rings. The van der Waals surface area contributed by atoms with Crippen LogP contribution in [0.4, 0.5) is 8.78 Å². The fourth-order valence-corrected chi connectivity index (χ4v) is 0. The van der Waals surface area contributed by atoms with Crippen molar-refractivity contribution < 1.29 is 8.78 Å². The normalized spacial score (nSPS) is 9.00. The lowest BCUT2D eigenvalue weighted by Gasteiger charge is -1.69. The third-order valence-electron chi connectivity index (χ3n) is 0. The zero-order valence-corrected chi connectivity index (χ0v) is 2.83. The van der Waals surface area contributed by atoms with Crippen molar-refractivity contribution >= 4 is 10.2 Å². The van der Waals surface area contributed by atoms with Gasteiger partial charge < -0.3 is 0 Å². The Morgan fingerprint density at radius 1 is 1.50 bits per heavy atom. The maximum absolute atomic E-state index is 10.2. The lowest BCUT2D eigenvalue weighted by atomic mass is 11.7. The van der Waals surface area contributed by atoms with Crippen LogP contribution in [0, 0.1) is 0 Å². The fraction of sp³-hybridized carbons (Fsp3) is 1.00. The summed E-state index contributed by atoms with van der Waals surface area (Å²) >= 11 is 0. The minimum Gasteiger partial charge on any atom is -0.217 e. The highest BCUT2D eigenvalue weighted by atomic mass is 28.1. The van der Waals surface area contributed by atoms with Crippen LogP contribution >= 0.6 is 0 Å². The highest BCUT2D eigenvalue weighted by Gasteiger charge is 1.80. The first-order valence-corrected chi connectivity index (χ1v) is 1.30. The molecule has 0 aliphatic rings. The summed E-state index contributed by atoms with van der Waals surface area (Å²) in [4.78, 5) is 0. The van der Waals surface area contributed by atoms with Crippen molar-refractivity contribution in [2.24, 2.45) is 0 Å². The summed E-state index contributed by atoms with van der Waals surface area (Å²) in [6.07, 6.45) is 0. The van der Waals surface area contributed by atoms with Crippen molar-refractivity contribution in [2.45, 2.75) is 6.05 Å². The summed E-state index contributed by atoms with van der Waals surface area (Å²) in [5.74, 6) is 0. The van der Waals surface area contributed by atoms with E-state index in [1.54, 1.807) is 0 Å². The molecule has 0 unspecified atom stereocenters. The number of alkyl halides is 2. The Hall–Kier alpha value is 0.0769. The van der Waals surface area contributed by atoms with Crippen LogP contribution in [0.3, 0.4) is 0 Å². The molecule has 0 amide bonds. The van der Waals surface area contributed by atoms with E-state index in [0.717, 1.165) is 0 Å². The minimum atomic E-state index is -2.36. The third-order valence-corrected chi connectivity index (χ3v) is 0. The van der Waals surface area contributed by atoms with Gasteiger partial charge >= 0.3 is 0 Å². The smallest absolute Gasteiger partial charge is 0.213 e. The molecule has 0 saturated carbocycles. The lowest BCUT2D eigenvalue weighted by Crippen LogP contribution is -1.80. The van der Waals surface area contributed by atoms with Crippen LogP contribution in [0.5, 0.6) is 0 Å². The number of hydrogen-bond acceptors (Lipinski definition) is 0. The number of hydrogen-bond donors (Lipinski definition) is 0. The maximum Gasteiger partial charge on any atom is 0.213 e. The van der Waals surface area contributed by atoms with Gasteiger partial charge in [-0.15, -0.1) is 0 Å². The van der Waals surface area contributed by atoms with Crippen LogP contribution in [0.15, 0.2) is 0 Å². The SMILES string of the molecule is FC(F)[Si]. The highest BCUT2D eigenvalue weighted by molar-refractivity contribution is 6.09. The standard InChI is InChI=1S/CHF2Si/c2-1(3)4/h1H. The van der Waals surface area contributed by atoms with Gasteiger partial charge in [0.25, 0.3) is 0 Å². The molecule has 0 spiro atoms. The van der Waals surface area contributed by atoms with Crippen molar-refractivity contribution in [3.63, 3.8) is 0 Å². The fourth-order valence-electron chi connectivity index (χ4n) is 0. The molecule has 4 heavy (non-hydrogen) atoms. The summed E-state index contributed by atoms with van der Waals surface area (Å²) in [5.41, 5.74) is 0. The Bertz CT molecular complexity index is 10.8. The van der Waals surface area contributed by atoms with E-state index < -0.39 is 6.05 Å². The van der Waals surface area contributed by atoms with E-state index >= 15 is 0 Å². The van der Waals surface area contributed by atoms with E-state index in [2.05, 4.69) is 0 Å². The number of rotatable bonds is 0. The van der Waals surface area contributed by atoms with Gasteiger partial charge in [-0.3, -0.25) is 0 Å². The third kappa shape index (κ3) is 407. The molecule has 0 bridgehead atoms. The van der Waals surface area contributed by atoms with Gasteiger partial charge in [0.15, 0.2) is 0 Å². The van der Waals surface area contributed by atoms with Gasteiger partial charge in [-0.2, -0.15) is 0 Å². The molecule has 0 N–H and O–H groups in total. The van der Waals surface area contributed by atoms with Gasteiger partial charge in [0.1, 0.15) is 10.2 Å². The second-order valence-electron chi connectivity index (χ2n) is 0.301. The Kier molecular flexibility index (Phi) is 1.43. The molecule has 23 valence electrons. The Balaban J connectivity index is 2.32. The quantitative estimate of drug-likeness (QED) is 0.368. The van der Waals surface area contributed by atoms with Crippen molar-refractivity contribution in [1.82, 2.24) is 0 Å². The average Bonchev–Trinajstić information content (AvgIpc) is 0.811. The van der Waals surface area contributed by atoms with Gasteiger partial charge in [0.05, 0.1) is 0 Å². The van der Waals surface area contributed by atoms with E-state index in [-0.39, 0.29) is 0 Å². The Morgan fingerprint density at radius 2 is 1.50 bits per heavy atom. The molecular weight excluding hydrogens is 78.1 g/mol. The lowest BCUT2D eigenvalue weighted by molar-refractivity contribution is 0.242. The molecule has 0 heterocycles. The molecule has 0 aromatic heterocycles. The predicted octanol–water partition coefficient (Wildman–Crippen LogP) is 0.377. The first kappa shape index (κ1) is 4.08. The molecule has 0 aromatic rings. The van der Waals surface area contributed by atoms with E-state index in [1.165, 1.54) is 0 Å². The molecule has 0 aliphatic carbocycles. The van der Waals surface area contributed by atoms with Crippen LogP contribution in [-0.2, 0) is 0 Å². The molecule has 0 aliphatic heterocycles. The van der Waals surface area contributed by atoms with Gasteiger partial charge in [-0.05, 0) is 0 Å². The molecule has 3 heteroatoms.